The highest BCUT2D eigenvalue weighted by Crippen LogP contribution is 2.17. The van der Waals surface area contributed by atoms with E-state index in [9.17, 15) is 19.7 Å². The van der Waals surface area contributed by atoms with Crippen LogP contribution in [-0.2, 0) is 16.0 Å². The number of hydrogen-bond donors (Lipinski definition) is 1. The summed E-state index contributed by atoms with van der Waals surface area (Å²) in [5.74, 6) is -0.418. The number of carbonyl (C=O) groups excluding carboxylic acids is 2. The summed E-state index contributed by atoms with van der Waals surface area (Å²) < 4.78 is 0. The number of amides is 1. The zero-order valence-electron chi connectivity index (χ0n) is 9.25. The van der Waals surface area contributed by atoms with Gasteiger partial charge < -0.3 is 10.1 Å². The van der Waals surface area contributed by atoms with Gasteiger partial charge in [0.2, 0.25) is 5.91 Å². The fraction of sp³-hybridized carbons (Fsp3) is 0.273. The Hall–Kier alpha value is -2.24. The summed E-state index contributed by atoms with van der Waals surface area (Å²) in [5.41, 5.74) is 0.231. The van der Waals surface area contributed by atoms with Crippen LogP contribution in [0.5, 0.6) is 0 Å². The lowest BCUT2D eigenvalue weighted by molar-refractivity contribution is -0.385. The van der Waals surface area contributed by atoms with E-state index in [1.807, 2.05) is 0 Å². The second-order valence-electron chi connectivity index (χ2n) is 3.55. The van der Waals surface area contributed by atoms with Crippen LogP contribution in [0.2, 0.25) is 0 Å². The van der Waals surface area contributed by atoms with Gasteiger partial charge in [-0.05, 0) is 6.92 Å². The quantitative estimate of drug-likeness (QED) is 0.466. The summed E-state index contributed by atoms with van der Waals surface area (Å²) in [5, 5.41) is 13.1. The van der Waals surface area contributed by atoms with Gasteiger partial charge in [0.15, 0.2) is 0 Å². The smallest absolute Gasteiger partial charge is 0.273 e. The fourth-order valence-corrected chi connectivity index (χ4v) is 1.35. The minimum atomic E-state index is -0.592. The molecule has 0 fully saturated rings. The SMILES string of the molecule is C[C@@H](C=O)NC(=O)Cc1ccccc1[N+](=O)[O-]. The minimum absolute atomic E-state index is 0.0959. The monoisotopic (exact) mass is 236 g/mol. The normalized spacial score (nSPS) is 11.6. The topological polar surface area (TPSA) is 89.3 Å². The van der Waals surface area contributed by atoms with Gasteiger partial charge in [-0.1, -0.05) is 18.2 Å². The first-order valence-corrected chi connectivity index (χ1v) is 5.01. The van der Waals surface area contributed by atoms with E-state index in [1.54, 1.807) is 6.07 Å². The van der Waals surface area contributed by atoms with E-state index >= 15 is 0 Å². The van der Waals surface area contributed by atoms with E-state index in [0.29, 0.717) is 11.8 Å². The molecule has 1 atom stereocenters. The van der Waals surface area contributed by atoms with Crippen molar-refractivity contribution in [1.82, 2.24) is 5.32 Å². The number of carbonyl (C=O) groups is 2. The van der Waals surface area contributed by atoms with Gasteiger partial charge in [-0.2, -0.15) is 0 Å². The summed E-state index contributed by atoms with van der Waals surface area (Å²) in [4.78, 5) is 32.0. The van der Waals surface area contributed by atoms with Crippen molar-refractivity contribution in [2.75, 3.05) is 0 Å². The molecule has 0 aromatic heterocycles. The van der Waals surface area contributed by atoms with Crippen molar-refractivity contribution in [2.45, 2.75) is 19.4 Å². The van der Waals surface area contributed by atoms with E-state index < -0.39 is 16.9 Å². The molecule has 0 aliphatic carbocycles. The molecule has 0 saturated carbocycles. The van der Waals surface area contributed by atoms with Gasteiger partial charge in [-0.15, -0.1) is 0 Å². The van der Waals surface area contributed by atoms with Gasteiger partial charge in [0, 0.05) is 11.6 Å². The molecular formula is C11H12N2O4. The van der Waals surface area contributed by atoms with Gasteiger partial charge in [-0.3, -0.25) is 14.9 Å². The Bertz CT molecular complexity index is 445. The van der Waals surface area contributed by atoms with E-state index in [4.69, 9.17) is 0 Å². The summed E-state index contributed by atoms with van der Waals surface area (Å²) in [7, 11) is 0. The molecule has 0 heterocycles. The number of nitrogens with one attached hydrogen (secondary N) is 1. The summed E-state index contributed by atoms with van der Waals surface area (Å²) >= 11 is 0. The molecule has 0 radical (unpaired) electrons. The van der Waals surface area contributed by atoms with Crippen molar-refractivity contribution in [3.63, 3.8) is 0 Å². The van der Waals surface area contributed by atoms with Gasteiger partial charge in [0.1, 0.15) is 6.29 Å². The van der Waals surface area contributed by atoms with Crippen molar-refractivity contribution >= 4 is 17.9 Å². The van der Waals surface area contributed by atoms with Gasteiger partial charge in [-0.25, -0.2) is 0 Å². The molecule has 0 aliphatic rings. The van der Waals surface area contributed by atoms with Crippen molar-refractivity contribution in [2.24, 2.45) is 0 Å². The lowest BCUT2D eigenvalue weighted by atomic mass is 10.1. The molecule has 90 valence electrons. The largest absolute Gasteiger partial charge is 0.347 e. The van der Waals surface area contributed by atoms with Crippen LogP contribution in [0, 0.1) is 10.1 Å². The lowest BCUT2D eigenvalue weighted by Gasteiger charge is -2.07. The van der Waals surface area contributed by atoms with Crippen LogP contribution in [0.1, 0.15) is 12.5 Å². The molecule has 1 amide bonds. The maximum Gasteiger partial charge on any atom is 0.273 e. The maximum absolute atomic E-state index is 11.5. The maximum atomic E-state index is 11.5. The van der Waals surface area contributed by atoms with Crippen LogP contribution in [0.25, 0.3) is 0 Å². The van der Waals surface area contributed by atoms with Crippen molar-refractivity contribution in [1.29, 1.82) is 0 Å². The Balaban J connectivity index is 2.78. The highest BCUT2D eigenvalue weighted by molar-refractivity contribution is 5.82. The van der Waals surface area contributed by atoms with Crippen molar-refractivity contribution < 1.29 is 14.5 Å². The Morgan fingerprint density at radius 2 is 2.18 bits per heavy atom. The van der Waals surface area contributed by atoms with Gasteiger partial charge in [0.25, 0.3) is 5.69 Å². The molecule has 0 unspecified atom stereocenters. The van der Waals surface area contributed by atoms with Crippen LogP contribution in [-0.4, -0.2) is 23.2 Å². The van der Waals surface area contributed by atoms with Crippen LogP contribution in [0.4, 0.5) is 5.69 Å². The average molecular weight is 236 g/mol. The molecule has 6 nitrogen and oxygen atoms in total. The summed E-state index contributed by atoms with van der Waals surface area (Å²) in [6.07, 6.45) is 0.479. The van der Waals surface area contributed by atoms with Crippen LogP contribution in [0.3, 0.4) is 0 Å². The highest BCUT2D eigenvalue weighted by Gasteiger charge is 2.16. The lowest BCUT2D eigenvalue weighted by Crippen LogP contribution is -2.34. The van der Waals surface area contributed by atoms with E-state index in [2.05, 4.69) is 5.32 Å². The number of aldehydes is 1. The standard InChI is InChI=1S/C11H12N2O4/c1-8(7-14)12-11(15)6-9-4-2-3-5-10(9)13(16)17/h2-5,7-8H,6H2,1H3,(H,12,15)/t8-/m0/s1. The zero-order valence-corrected chi connectivity index (χ0v) is 9.25. The van der Waals surface area contributed by atoms with Gasteiger partial charge >= 0.3 is 0 Å². The number of nitro groups is 1. The number of benzene rings is 1. The second-order valence-corrected chi connectivity index (χ2v) is 3.55. The Morgan fingerprint density at radius 3 is 2.76 bits per heavy atom. The molecule has 6 heteroatoms. The number of nitro benzene ring substituents is 1. The molecule has 1 N–H and O–H groups in total. The summed E-state index contributed by atoms with van der Waals surface area (Å²) in [6, 6.07) is 5.42. The third-order valence-corrected chi connectivity index (χ3v) is 2.13. The van der Waals surface area contributed by atoms with Gasteiger partial charge in [0.05, 0.1) is 17.4 Å². The van der Waals surface area contributed by atoms with E-state index in [1.165, 1.54) is 25.1 Å². The Morgan fingerprint density at radius 1 is 1.53 bits per heavy atom. The van der Waals surface area contributed by atoms with Crippen LogP contribution >= 0.6 is 0 Å². The molecule has 0 bridgehead atoms. The fourth-order valence-electron chi connectivity index (χ4n) is 1.35. The third kappa shape index (κ3) is 3.67. The van der Waals surface area contributed by atoms with E-state index in [-0.39, 0.29) is 12.1 Å². The highest BCUT2D eigenvalue weighted by atomic mass is 16.6. The Labute approximate surface area is 97.8 Å². The summed E-state index contributed by atoms with van der Waals surface area (Å²) in [6.45, 7) is 1.53. The number of para-hydroxylation sites is 1. The Kier molecular flexibility index (Phi) is 4.33. The molecule has 17 heavy (non-hydrogen) atoms. The van der Waals surface area contributed by atoms with Crippen LogP contribution < -0.4 is 5.32 Å². The third-order valence-electron chi connectivity index (χ3n) is 2.13. The van der Waals surface area contributed by atoms with Crippen LogP contribution in [0.15, 0.2) is 24.3 Å². The zero-order chi connectivity index (χ0) is 12.8. The molecule has 0 aliphatic heterocycles. The second kappa shape index (κ2) is 5.74. The van der Waals surface area contributed by atoms with Crippen molar-refractivity contribution in [3.8, 4) is 0 Å². The molecule has 1 rings (SSSR count). The van der Waals surface area contributed by atoms with Crippen molar-refractivity contribution in [3.05, 3.63) is 39.9 Å². The first kappa shape index (κ1) is 12.8. The average Bonchev–Trinajstić information content (AvgIpc) is 2.29. The molecule has 0 spiro atoms. The molecule has 1 aromatic rings. The van der Waals surface area contributed by atoms with E-state index in [0.717, 1.165) is 0 Å². The number of rotatable bonds is 5. The predicted molar refractivity (Wildman–Crippen MR) is 60.5 cm³/mol. The first-order chi connectivity index (χ1) is 8.04. The number of hydrogen-bond acceptors (Lipinski definition) is 4. The molecule has 0 saturated heterocycles. The predicted octanol–water partition coefficient (Wildman–Crippen LogP) is 0.841. The molecular weight excluding hydrogens is 224 g/mol. The number of nitrogens with zero attached hydrogens (tertiary/aromatic N) is 1. The minimum Gasteiger partial charge on any atom is -0.347 e. The first-order valence-electron chi connectivity index (χ1n) is 5.01. The molecule has 1 aromatic carbocycles.